The number of hydrogen-bond donors (Lipinski definition) is 2. The third kappa shape index (κ3) is 3.91. The number of nitrogens with zero attached hydrogens (tertiary/aromatic N) is 3. The first-order valence-electron chi connectivity index (χ1n) is 6.36. The van der Waals surface area contributed by atoms with Crippen molar-refractivity contribution in [3.63, 3.8) is 0 Å². The summed E-state index contributed by atoms with van der Waals surface area (Å²) in [4.78, 5) is 6.11. The zero-order valence-corrected chi connectivity index (χ0v) is 11.9. The maximum absolute atomic E-state index is 11.6. The second kappa shape index (κ2) is 6.19. The highest BCUT2D eigenvalue weighted by atomic mass is 32.2. The molecule has 1 fully saturated rings. The molecule has 20 heavy (non-hydrogen) atoms. The molecule has 3 N–H and O–H groups in total. The fourth-order valence-electron chi connectivity index (χ4n) is 2.17. The molecule has 0 bridgehead atoms. The van der Waals surface area contributed by atoms with Gasteiger partial charge in [-0.3, -0.25) is 9.88 Å². The molecule has 0 aliphatic carbocycles. The monoisotopic (exact) mass is 298 g/mol. The van der Waals surface area contributed by atoms with Gasteiger partial charge in [-0.1, -0.05) is 5.16 Å². The van der Waals surface area contributed by atoms with Crippen LogP contribution in [0.15, 0.2) is 23.5 Å². The molecule has 1 saturated heterocycles. The van der Waals surface area contributed by atoms with Gasteiger partial charge in [0.2, 0.25) is 0 Å². The first-order chi connectivity index (χ1) is 9.50. The molecule has 1 aromatic rings. The van der Waals surface area contributed by atoms with E-state index in [1.807, 2.05) is 6.07 Å². The van der Waals surface area contributed by atoms with E-state index in [2.05, 4.69) is 15.0 Å². The minimum Gasteiger partial charge on any atom is -0.409 e. The van der Waals surface area contributed by atoms with Gasteiger partial charge in [-0.2, -0.15) is 0 Å². The number of sulfone groups is 1. The Morgan fingerprint density at radius 3 is 3.00 bits per heavy atom. The molecule has 1 aliphatic rings. The Morgan fingerprint density at radius 2 is 2.25 bits per heavy atom. The molecule has 110 valence electrons. The topological polar surface area (TPSA) is 109 Å². The van der Waals surface area contributed by atoms with Crippen LogP contribution in [0.5, 0.6) is 0 Å². The second-order valence-electron chi connectivity index (χ2n) is 4.82. The average Bonchev–Trinajstić information content (AvgIpc) is 2.60. The normalized spacial score (nSPS) is 20.5. The average molecular weight is 298 g/mol. The van der Waals surface area contributed by atoms with Crippen LogP contribution in [0.25, 0.3) is 0 Å². The molecule has 0 unspecified atom stereocenters. The van der Waals surface area contributed by atoms with Gasteiger partial charge in [-0.05, 0) is 30.7 Å². The SMILES string of the molecule is N/C(=N/O)c1cc(CN2CCCS(=O)(=O)CC2)ccn1. The van der Waals surface area contributed by atoms with Crippen molar-refractivity contribution in [2.75, 3.05) is 24.6 Å². The summed E-state index contributed by atoms with van der Waals surface area (Å²) in [5.41, 5.74) is 6.87. The fourth-order valence-corrected chi connectivity index (χ4v) is 3.48. The maximum atomic E-state index is 11.6. The largest absolute Gasteiger partial charge is 0.409 e. The Morgan fingerprint density at radius 1 is 1.45 bits per heavy atom. The minimum atomic E-state index is -2.90. The Balaban J connectivity index is 2.06. The molecule has 7 nitrogen and oxygen atoms in total. The van der Waals surface area contributed by atoms with E-state index in [9.17, 15) is 8.42 Å². The van der Waals surface area contributed by atoms with Crippen LogP contribution in [0.2, 0.25) is 0 Å². The highest BCUT2D eigenvalue weighted by molar-refractivity contribution is 7.91. The lowest BCUT2D eigenvalue weighted by atomic mass is 10.2. The van der Waals surface area contributed by atoms with E-state index in [-0.39, 0.29) is 17.3 Å². The Kier molecular flexibility index (Phi) is 4.56. The van der Waals surface area contributed by atoms with Crippen molar-refractivity contribution >= 4 is 15.7 Å². The molecular formula is C12H18N4O3S. The summed E-state index contributed by atoms with van der Waals surface area (Å²) in [6.07, 6.45) is 2.25. The summed E-state index contributed by atoms with van der Waals surface area (Å²) in [6.45, 7) is 1.91. The fraction of sp³-hybridized carbons (Fsp3) is 0.500. The molecule has 0 radical (unpaired) electrons. The Labute approximate surface area is 118 Å². The number of hydrogen-bond acceptors (Lipinski definition) is 6. The van der Waals surface area contributed by atoms with Gasteiger partial charge in [0.15, 0.2) is 15.7 Å². The zero-order chi connectivity index (χ0) is 14.6. The summed E-state index contributed by atoms with van der Waals surface area (Å²) in [5.74, 6) is 0.422. The summed E-state index contributed by atoms with van der Waals surface area (Å²) in [5, 5.41) is 11.6. The molecule has 2 rings (SSSR count). The van der Waals surface area contributed by atoms with E-state index in [1.54, 1.807) is 12.3 Å². The molecule has 0 saturated carbocycles. The van der Waals surface area contributed by atoms with Crippen LogP contribution in [0.3, 0.4) is 0 Å². The molecule has 2 heterocycles. The van der Waals surface area contributed by atoms with Crippen LogP contribution >= 0.6 is 0 Å². The van der Waals surface area contributed by atoms with E-state index in [0.29, 0.717) is 25.2 Å². The number of pyridine rings is 1. The summed E-state index contributed by atoms with van der Waals surface area (Å²) in [6, 6.07) is 3.59. The number of nitrogens with two attached hydrogens (primary N) is 1. The molecule has 1 aliphatic heterocycles. The van der Waals surface area contributed by atoms with Crippen LogP contribution < -0.4 is 5.73 Å². The first-order valence-corrected chi connectivity index (χ1v) is 8.18. The number of aromatic nitrogens is 1. The van der Waals surface area contributed by atoms with Crippen LogP contribution in [0.1, 0.15) is 17.7 Å². The molecule has 0 spiro atoms. The van der Waals surface area contributed by atoms with Gasteiger partial charge in [-0.15, -0.1) is 0 Å². The van der Waals surface area contributed by atoms with Crippen molar-refractivity contribution in [1.82, 2.24) is 9.88 Å². The van der Waals surface area contributed by atoms with Gasteiger partial charge < -0.3 is 10.9 Å². The van der Waals surface area contributed by atoms with Gasteiger partial charge in [0, 0.05) is 19.3 Å². The third-order valence-corrected chi connectivity index (χ3v) is 4.96. The van der Waals surface area contributed by atoms with Gasteiger partial charge in [0.25, 0.3) is 0 Å². The first kappa shape index (κ1) is 14.7. The minimum absolute atomic E-state index is 0.0368. The van der Waals surface area contributed by atoms with Crippen molar-refractivity contribution < 1.29 is 13.6 Å². The lowest BCUT2D eigenvalue weighted by Crippen LogP contribution is -2.27. The third-order valence-electron chi connectivity index (χ3n) is 3.25. The van der Waals surface area contributed by atoms with Crippen molar-refractivity contribution in [3.05, 3.63) is 29.6 Å². The van der Waals surface area contributed by atoms with E-state index >= 15 is 0 Å². The number of oxime groups is 1. The van der Waals surface area contributed by atoms with Gasteiger partial charge >= 0.3 is 0 Å². The van der Waals surface area contributed by atoms with E-state index in [0.717, 1.165) is 12.1 Å². The van der Waals surface area contributed by atoms with Gasteiger partial charge in [0.1, 0.15) is 5.69 Å². The van der Waals surface area contributed by atoms with Crippen molar-refractivity contribution in [2.24, 2.45) is 10.9 Å². The van der Waals surface area contributed by atoms with E-state index in [4.69, 9.17) is 10.9 Å². The summed E-state index contributed by atoms with van der Waals surface area (Å²) in [7, 11) is -2.90. The standard InChI is InChI=1S/C12H18N4O3S/c13-12(15-17)11-8-10(2-3-14-11)9-16-4-1-6-20(18,19)7-5-16/h2-3,8,17H,1,4-7,9H2,(H2,13,15). The number of amidine groups is 1. The Hall–Kier alpha value is -1.67. The van der Waals surface area contributed by atoms with E-state index in [1.165, 1.54) is 0 Å². The predicted molar refractivity (Wildman–Crippen MR) is 75.3 cm³/mol. The molecular weight excluding hydrogens is 280 g/mol. The number of rotatable bonds is 3. The highest BCUT2D eigenvalue weighted by Crippen LogP contribution is 2.10. The van der Waals surface area contributed by atoms with Crippen molar-refractivity contribution in [3.8, 4) is 0 Å². The van der Waals surface area contributed by atoms with Crippen LogP contribution in [-0.4, -0.2) is 53.9 Å². The smallest absolute Gasteiger partial charge is 0.188 e. The van der Waals surface area contributed by atoms with E-state index < -0.39 is 9.84 Å². The lowest BCUT2D eigenvalue weighted by molar-refractivity contribution is 0.287. The molecule has 0 aromatic carbocycles. The second-order valence-corrected chi connectivity index (χ2v) is 7.12. The van der Waals surface area contributed by atoms with Crippen LogP contribution in [0.4, 0.5) is 0 Å². The van der Waals surface area contributed by atoms with Crippen molar-refractivity contribution in [1.29, 1.82) is 0 Å². The molecule has 0 amide bonds. The highest BCUT2D eigenvalue weighted by Gasteiger charge is 2.19. The summed E-state index contributed by atoms with van der Waals surface area (Å²) < 4.78 is 23.1. The molecule has 0 atom stereocenters. The zero-order valence-electron chi connectivity index (χ0n) is 11.1. The quantitative estimate of drug-likeness (QED) is 0.346. The van der Waals surface area contributed by atoms with Gasteiger partial charge in [-0.25, -0.2) is 8.42 Å². The van der Waals surface area contributed by atoms with Crippen LogP contribution in [0, 0.1) is 0 Å². The molecule has 1 aromatic heterocycles. The van der Waals surface area contributed by atoms with Gasteiger partial charge in [0.05, 0.1) is 11.5 Å². The predicted octanol–water partition coefficient (Wildman–Crippen LogP) is -0.203. The Bertz CT molecular complexity index is 600. The lowest BCUT2D eigenvalue weighted by Gasteiger charge is -2.19. The summed E-state index contributed by atoms with van der Waals surface area (Å²) >= 11 is 0. The van der Waals surface area contributed by atoms with Crippen LogP contribution in [-0.2, 0) is 16.4 Å². The molecule has 8 heteroatoms. The van der Waals surface area contributed by atoms with Crippen molar-refractivity contribution in [2.45, 2.75) is 13.0 Å². The maximum Gasteiger partial charge on any atom is 0.188 e.